The fourth-order valence-electron chi connectivity index (χ4n) is 2.01. The van der Waals surface area contributed by atoms with E-state index in [1.165, 1.54) is 11.1 Å². The van der Waals surface area contributed by atoms with Gasteiger partial charge in [0.1, 0.15) is 0 Å². The summed E-state index contributed by atoms with van der Waals surface area (Å²) in [5, 5.41) is 7.03. The molecule has 1 aliphatic heterocycles. The molecule has 2 heterocycles. The van der Waals surface area contributed by atoms with Crippen molar-refractivity contribution in [3.8, 4) is 11.5 Å². The topological polar surface area (TPSA) is 60.2 Å². The van der Waals surface area contributed by atoms with E-state index in [1.807, 2.05) is 13.1 Å². The number of benzene rings is 1. The number of hydrogen-bond acceptors (Lipinski definition) is 5. The molecule has 0 bridgehead atoms. The summed E-state index contributed by atoms with van der Waals surface area (Å²) in [6.07, 6.45) is 0.772. The molecular formula is C13H15N3O2. The second kappa shape index (κ2) is 4.88. The summed E-state index contributed by atoms with van der Waals surface area (Å²) in [6.45, 7) is 2.22. The predicted octanol–water partition coefficient (Wildman–Crippen LogP) is 1.53. The van der Waals surface area contributed by atoms with Crippen LogP contribution in [0.2, 0.25) is 0 Å². The molecule has 1 N–H and O–H groups in total. The largest absolute Gasteiger partial charge is 0.372 e. The lowest BCUT2D eigenvalue weighted by Crippen LogP contribution is -2.10. The summed E-state index contributed by atoms with van der Waals surface area (Å²) < 4.78 is 10.7. The lowest BCUT2D eigenvalue weighted by atomic mass is 10.1. The van der Waals surface area contributed by atoms with Crippen LogP contribution >= 0.6 is 0 Å². The number of ether oxygens (including phenoxy) is 1. The number of likely N-dealkylation sites (N-methyl/N-ethyl adjacent to an activating group) is 1. The van der Waals surface area contributed by atoms with Crippen LogP contribution in [-0.2, 0) is 24.4 Å². The molecule has 0 fully saturated rings. The summed E-state index contributed by atoms with van der Waals surface area (Å²) in [5.41, 5.74) is 3.42. The highest BCUT2D eigenvalue weighted by atomic mass is 16.5. The summed E-state index contributed by atoms with van der Waals surface area (Å²) in [5.74, 6) is 1.31. The number of hydrogen-bond donors (Lipinski definition) is 1. The lowest BCUT2D eigenvalue weighted by molar-refractivity contribution is 0.134. The van der Waals surface area contributed by atoms with Crippen LogP contribution in [0, 0.1) is 0 Å². The van der Waals surface area contributed by atoms with Gasteiger partial charge in [-0.05, 0) is 30.3 Å². The molecule has 2 aromatic rings. The summed E-state index contributed by atoms with van der Waals surface area (Å²) in [4.78, 5) is 4.38. The Morgan fingerprint density at radius 2 is 2.17 bits per heavy atom. The molecule has 0 aliphatic carbocycles. The van der Waals surface area contributed by atoms with Crippen LogP contribution in [0.3, 0.4) is 0 Å². The van der Waals surface area contributed by atoms with Crippen molar-refractivity contribution in [2.75, 3.05) is 13.6 Å². The van der Waals surface area contributed by atoms with Gasteiger partial charge in [0.15, 0.2) is 5.82 Å². The molecule has 0 unspecified atom stereocenters. The molecule has 0 saturated heterocycles. The van der Waals surface area contributed by atoms with Gasteiger partial charge in [-0.25, -0.2) is 0 Å². The Balaban J connectivity index is 1.83. The maximum atomic E-state index is 5.39. The second-order valence-electron chi connectivity index (χ2n) is 4.35. The highest BCUT2D eigenvalue weighted by Gasteiger charge is 2.14. The minimum Gasteiger partial charge on any atom is -0.372 e. The van der Waals surface area contributed by atoms with Gasteiger partial charge in [-0.15, -0.1) is 0 Å². The first-order valence-electron chi connectivity index (χ1n) is 6.04. The molecule has 1 aromatic carbocycles. The fraction of sp³-hybridized carbons (Fsp3) is 0.385. The first-order chi connectivity index (χ1) is 8.86. The highest BCUT2D eigenvalue weighted by molar-refractivity contribution is 5.56. The molecular weight excluding hydrogens is 230 g/mol. The number of aromatic nitrogens is 2. The lowest BCUT2D eigenvalue weighted by Gasteiger charge is -1.98. The van der Waals surface area contributed by atoms with Crippen molar-refractivity contribution in [3.63, 3.8) is 0 Å². The van der Waals surface area contributed by atoms with E-state index in [9.17, 15) is 0 Å². The zero-order valence-electron chi connectivity index (χ0n) is 10.3. The maximum Gasteiger partial charge on any atom is 0.257 e. The van der Waals surface area contributed by atoms with Gasteiger partial charge in [0.25, 0.3) is 5.89 Å². The molecule has 5 heteroatoms. The van der Waals surface area contributed by atoms with Crippen LogP contribution in [0.15, 0.2) is 22.7 Å². The van der Waals surface area contributed by atoms with E-state index in [4.69, 9.17) is 9.26 Å². The average molecular weight is 245 g/mol. The molecule has 3 rings (SSSR count). The van der Waals surface area contributed by atoms with E-state index in [0.29, 0.717) is 19.1 Å². The number of rotatable bonds is 4. The molecule has 0 amide bonds. The van der Waals surface area contributed by atoms with Crippen molar-refractivity contribution in [1.82, 2.24) is 15.5 Å². The van der Waals surface area contributed by atoms with Crippen LogP contribution < -0.4 is 5.32 Å². The Bertz CT molecular complexity index is 551. The van der Waals surface area contributed by atoms with Crippen molar-refractivity contribution in [2.45, 2.75) is 19.6 Å². The third-order valence-electron chi connectivity index (χ3n) is 3.04. The zero-order valence-corrected chi connectivity index (χ0v) is 10.3. The van der Waals surface area contributed by atoms with E-state index >= 15 is 0 Å². The molecule has 18 heavy (non-hydrogen) atoms. The smallest absolute Gasteiger partial charge is 0.257 e. The van der Waals surface area contributed by atoms with Crippen molar-refractivity contribution < 1.29 is 9.26 Å². The van der Waals surface area contributed by atoms with E-state index in [-0.39, 0.29) is 0 Å². The van der Waals surface area contributed by atoms with Gasteiger partial charge < -0.3 is 14.6 Å². The van der Waals surface area contributed by atoms with Crippen LogP contribution in [0.4, 0.5) is 0 Å². The van der Waals surface area contributed by atoms with Crippen LogP contribution in [0.5, 0.6) is 0 Å². The zero-order chi connectivity index (χ0) is 12.4. The standard InChI is InChI=1S/C13H15N3O2/c1-14-5-4-12-15-13(18-16-12)9-2-3-10-7-17-8-11(10)6-9/h2-3,6,14H,4-5,7-8H2,1H3. The maximum absolute atomic E-state index is 5.39. The van der Waals surface area contributed by atoms with Crippen molar-refractivity contribution in [1.29, 1.82) is 0 Å². The Morgan fingerprint density at radius 1 is 1.28 bits per heavy atom. The number of nitrogens with zero attached hydrogens (tertiary/aromatic N) is 2. The quantitative estimate of drug-likeness (QED) is 0.885. The van der Waals surface area contributed by atoms with Crippen LogP contribution in [0.1, 0.15) is 17.0 Å². The van der Waals surface area contributed by atoms with E-state index in [1.54, 1.807) is 0 Å². The van der Waals surface area contributed by atoms with Gasteiger partial charge in [0.05, 0.1) is 13.2 Å². The summed E-state index contributed by atoms with van der Waals surface area (Å²) in [6, 6.07) is 6.13. The molecule has 0 radical (unpaired) electrons. The second-order valence-corrected chi connectivity index (χ2v) is 4.35. The SMILES string of the molecule is CNCCc1noc(-c2ccc3c(c2)COC3)n1. The summed E-state index contributed by atoms with van der Waals surface area (Å²) in [7, 11) is 1.90. The predicted molar refractivity (Wildman–Crippen MR) is 65.9 cm³/mol. The summed E-state index contributed by atoms with van der Waals surface area (Å²) >= 11 is 0. The van der Waals surface area contributed by atoms with Gasteiger partial charge in [-0.3, -0.25) is 0 Å². The third kappa shape index (κ3) is 2.14. The van der Waals surface area contributed by atoms with E-state index < -0.39 is 0 Å². The van der Waals surface area contributed by atoms with Gasteiger partial charge in [0.2, 0.25) is 0 Å². The average Bonchev–Trinajstić information content (AvgIpc) is 3.04. The minimum atomic E-state index is 0.579. The first-order valence-corrected chi connectivity index (χ1v) is 6.04. The van der Waals surface area contributed by atoms with Crippen molar-refractivity contribution in [2.24, 2.45) is 0 Å². The van der Waals surface area contributed by atoms with Gasteiger partial charge >= 0.3 is 0 Å². The molecule has 0 atom stereocenters. The molecule has 5 nitrogen and oxygen atoms in total. The normalized spacial score (nSPS) is 13.8. The number of nitrogens with one attached hydrogen (secondary N) is 1. The Labute approximate surface area is 105 Å². The highest BCUT2D eigenvalue weighted by Crippen LogP contribution is 2.25. The van der Waals surface area contributed by atoms with Crippen LogP contribution in [0.25, 0.3) is 11.5 Å². The minimum absolute atomic E-state index is 0.579. The molecule has 1 aromatic heterocycles. The van der Waals surface area contributed by atoms with Crippen molar-refractivity contribution in [3.05, 3.63) is 35.2 Å². The molecule has 0 spiro atoms. The van der Waals surface area contributed by atoms with Gasteiger partial charge in [-0.2, -0.15) is 4.98 Å². The third-order valence-corrected chi connectivity index (χ3v) is 3.04. The van der Waals surface area contributed by atoms with Crippen molar-refractivity contribution >= 4 is 0 Å². The van der Waals surface area contributed by atoms with E-state index in [0.717, 1.165) is 24.4 Å². The Morgan fingerprint density at radius 3 is 3.06 bits per heavy atom. The molecule has 0 saturated carbocycles. The fourth-order valence-corrected chi connectivity index (χ4v) is 2.01. The van der Waals surface area contributed by atoms with Gasteiger partial charge in [0, 0.05) is 18.5 Å². The number of fused-ring (bicyclic) bond motifs is 1. The van der Waals surface area contributed by atoms with E-state index in [2.05, 4.69) is 27.6 Å². The Kier molecular flexibility index (Phi) is 3.08. The van der Waals surface area contributed by atoms with Gasteiger partial charge in [-0.1, -0.05) is 11.2 Å². The molecule has 1 aliphatic rings. The van der Waals surface area contributed by atoms with Crippen LogP contribution in [-0.4, -0.2) is 23.7 Å². The Hall–Kier alpha value is -1.72. The molecule has 94 valence electrons. The first kappa shape index (κ1) is 11.4. The monoisotopic (exact) mass is 245 g/mol.